The van der Waals surface area contributed by atoms with Crippen molar-refractivity contribution >= 4 is 18.2 Å². The molecule has 348 valence electrons. The number of esters is 1. The maximum absolute atomic E-state index is 12.3. The van der Waals surface area contributed by atoms with E-state index in [0.29, 0.717) is 13.1 Å². The summed E-state index contributed by atoms with van der Waals surface area (Å²) in [6.07, 6.45) is -1.54. The van der Waals surface area contributed by atoms with Crippen molar-refractivity contribution in [2.24, 2.45) is 0 Å². The zero-order valence-corrected chi connectivity index (χ0v) is 37.6. The van der Waals surface area contributed by atoms with Gasteiger partial charge in [-0.25, -0.2) is 9.59 Å². The van der Waals surface area contributed by atoms with Gasteiger partial charge in [-0.15, -0.1) is 0 Å². The largest absolute Gasteiger partial charge is 0.457 e. The number of carbonyl (C=O) groups excluding carboxylic acids is 3. The van der Waals surface area contributed by atoms with Crippen LogP contribution in [0.1, 0.15) is 85.3 Å². The fraction of sp³-hybridized carbons (Fsp3) is 0.674. The van der Waals surface area contributed by atoms with Crippen LogP contribution < -0.4 is 10.6 Å². The molecule has 8 atom stereocenters. The molecular weight excluding hydrogens is 817 g/mol. The van der Waals surface area contributed by atoms with Gasteiger partial charge in [-0.2, -0.15) is 0 Å². The highest BCUT2D eigenvalue weighted by atomic mass is 16.8. The third kappa shape index (κ3) is 12.7. The first kappa shape index (κ1) is 47.1. The maximum atomic E-state index is 12.3. The number of ether oxygens (including phenoxy) is 9. The molecule has 17 nitrogen and oxygen atoms in total. The topological polar surface area (TPSA) is 185 Å². The highest BCUT2D eigenvalue weighted by Gasteiger charge is 2.57. The van der Waals surface area contributed by atoms with E-state index >= 15 is 0 Å². The van der Waals surface area contributed by atoms with E-state index in [9.17, 15) is 19.5 Å². The van der Waals surface area contributed by atoms with Crippen LogP contribution in [0.4, 0.5) is 9.59 Å². The van der Waals surface area contributed by atoms with Gasteiger partial charge in [0.2, 0.25) is 0 Å². The maximum Gasteiger partial charge on any atom is 0.407 e. The molecule has 6 heterocycles. The van der Waals surface area contributed by atoms with Crippen LogP contribution in [0.2, 0.25) is 0 Å². The van der Waals surface area contributed by atoms with Crippen molar-refractivity contribution in [2.75, 3.05) is 39.3 Å². The van der Waals surface area contributed by atoms with Crippen molar-refractivity contribution in [1.82, 2.24) is 20.4 Å². The lowest BCUT2D eigenvalue weighted by atomic mass is 9.89. The third-order valence-corrected chi connectivity index (χ3v) is 12.5. The van der Waals surface area contributed by atoms with E-state index in [2.05, 4.69) is 20.4 Å². The summed E-state index contributed by atoms with van der Waals surface area (Å²) in [6, 6.07) is 19.2. The van der Waals surface area contributed by atoms with Gasteiger partial charge in [-0.1, -0.05) is 60.7 Å². The van der Waals surface area contributed by atoms with E-state index in [1.807, 2.05) is 102 Å². The number of hydrogen-bond acceptors (Lipinski definition) is 15. The molecule has 0 unspecified atom stereocenters. The van der Waals surface area contributed by atoms with E-state index in [4.69, 9.17) is 42.6 Å². The van der Waals surface area contributed by atoms with Crippen LogP contribution in [0, 0.1) is 0 Å². The number of nitrogens with zero attached hydrogens (tertiary/aromatic N) is 2. The van der Waals surface area contributed by atoms with E-state index in [1.165, 1.54) is 6.92 Å². The highest BCUT2D eigenvalue weighted by molar-refractivity contribution is 5.68. The van der Waals surface area contributed by atoms with Gasteiger partial charge in [0.15, 0.2) is 36.4 Å². The second kappa shape index (κ2) is 19.7. The Bertz CT molecular complexity index is 1840. The number of amides is 2. The summed E-state index contributed by atoms with van der Waals surface area (Å²) < 4.78 is 51.5. The number of piperidine rings is 2. The molecule has 6 saturated heterocycles. The summed E-state index contributed by atoms with van der Waals surface area (Å²) >= 11 is 0. The second-order valence-electron chi connectivity index (χ2n) is 18.9. The van der Waals surface area contributed by atoms with Gasteiger partial charge < -0.3 is 68.2 Å². The van der Waals surface area contributed by atoms with Crippen LogP contribution in [-0.2, 0) is 60.6 Å². The molecule has 2 amide bonds. The van der Waals surface area contributed by atoms with Crippen LogP contribution in [0.15, 0.2) is 60.7 Å². The number of nitrogens with one attached hydrogen (secondary N) is 2. The molecule has 0 radical (unpaired) electrons. The molecule has 0 aliphatic carbocycles. The van der Waals surface area contributed by atoms with Crippen LogP contribution in [-0.4, -0.2) is 144 Å². The number of benzene rings is 2. The van der Waals surface area contributed by atoms with E-state index < -0.39 is 60.8 Å². The fourth-order valence-corrected chi connectivity index (χ4v) is 8.97. The second-order valence-corrected chi connectivity index (χ2v) is 18.9. The molecule has 2 aromatic carbocycles. The van der Waals surface area contributed by atoms with Gasteiger partial charge in [0.25, 0.3) is 0 Å². The molecule has 6 aliphatic rings. The quantitative estimate of drug-likeness (QED) is 0.210. The lowest BCUT2D eigenvalue weighted by Gasteiger charge is -2.40. The highest BCUT2D eigenvalue weighted by Crippen LogP contribution is 2.40. The molecule has 2 aromatic rings. The van der Waals surface area contributed by atoms with E-state index in [0.717, 1.165) is 63.0 Å². The standard InChI is InChI=1S/C24H34N2O7.C22H32N2O6/c1-16(27)30-19-18(31-21-20(19)32-23(2,3)33-21)14-26-12-10-24(4,11-13-26)25-22(28)29-15-17-8-6-5-7-9-17;1-21(2)29-18-17(25)16(28-19(18)30-21)13-24-11-9-22(3,10-12-24)23-20(26)27-14-15-7-5-4-6-8-15/h5-9,18-21H,10-15H2,1-4H3,(H,25,28);4-8,16-19,25H,9-14H2,1-3H3,(H,23,26)/t18-,19+,20-,21-;16-,17+,18-,19-/m11/s1. The number of aliphatic hydroxyl groups is 1. The molecular formula is C46H66N4O13. The molecule has 6 aliphatic heterocycles. The van der Waals surface area contributed by atoms with Crippen LogP contribution in [0.3, 0.4) is 0 Å². The molecule has 3 N–H and O–H groups in total. The Balaban J connectivity index is 0.000000190. The van der Waals surface area contributed by atoms with Crippen LogP contribution >= 0.6 is 0 Å². The number of alkyl carbamates (subject to hydrolysis) is 2. The van der Waals surface area contributed by atoms with Crippen molar-refractivity contribution in [3.05, 3.63) is 71.8 Å². The molecule has 6 fully saturated rings. The minimum Gasteiger partial charge on any atom is -0.457 e. The van der Waals surface area contributed by atoms with Gasteiger partial charge in [0.05, 0.1) is 0 Å². The Morgan fingerprint density at radius 2 is 1.05 bits per heavy atom. The van der Waals surface area contributed by atoms with Crippen molar-refractivity contribution in [3.63, 3.8) is 0 Å². The summed E-state index contributed by atoms with van der Waals surface area (Å²) in [6.45, 7) is 17.6. The zero-order chi connectivity index (χ0) is 45.0. The third-order valence-electron chi connectivity index (χ3n) is 12.5. The van der Waals surface area contributed by atoms with Gasteiger partial charge in [0.1, 0.15) is 37.6 Å². The number of aliphatic hydroxyl groups excluding tert-OH is 1. The van der Waals surface area contributed by atoms with Gasteiger partial charge in [-0.3, -0.25) is 4.79 Å². The van der Waals surface area contributed by atoms with E-state index in [-0.39, 0.29) is 42.5 Å². The summed E-state index contributed by atoms with van der Waals surface area (Å²) in [5.41, 5.74) is 1.26. The van der Waals surface area contributed by atoms with Crippen molar-refractivity contribution in [3.8, 4) is 0 Å². The Morgan fingerprint density at radius 3 is 1.49 bits per heavy atom. The van der Waals surface area contributed by atoms with Crippen molar-refractivity contribution in [2.45, 2.75) is 159 Å². The number of likely N-dealkylation sites (tertiary alicyclic amines) is 2. The Kier molecular flexibility index (Phi) is 14.7. The smallest absolute Gasteiger partial charge is 0.407 e. The van der Waals surface area contributed by atoms with Crippen LogP contribution in [0.5, 0.6) is 0 Å². The monoisotopic (exact) mass is 882 g/mol. The number of hydrogen-bond donors (Lipinski definition) is 3. The van der Waals surface area contributed by atoms with Crippen molar-refractivity contribution < 1.29 is 62.1 Å². The molecule has 0 bridgehead atoms. The number of carbonyl (C=O) groups is 3. The average Bonchev–Trinajstić information content (AvgIpc) is 3.90. The zero-order valence-electron chi connectivity index (χ0n) is 37.6. The molecule has 63 heavy (non-hydrogen) atoms. The van der Waals surface area contributed by atoms with Gasteiger partial charge in [0, 0.05) is 57.3 Å². The minimum atomic E-state index is -0.771. The lowest BCUT2D eigenvalue weighted by molar-refractivity contribution is -0.220. The average molecular weight is 883 g/mol. The first-order chi connectivity index (χ1) is 29.9. The van der Waals surface area contributed by atoms with Gasteiger partial charge in [-0.05, 0) is 78.4 Å². The first-order valence-electron chi connectivity index (χ1n) is 22.2. The summed E-state index contributed by atoms with van der Waals surface area (Å²) in [4.78, 5) is 40.7. The lowest BCUT2D eigenvalue weighted by Crippen LogP contribution is -2.55. The fourth-order valence-electron chi connectivity index (χ4n) is 8.97. The van der Waals surface area contributed by atoms with Crippen molar-refractivity contribution in [1.29, 1.82) is 0 Å². The Labute approximate surface area is 370 Å². The molecule has 0 spiro atoms. The first-order valence-corrected chi connectivity index (χ1v) is 22.2. The SMILES string of the molecule is CC(=O)O[C@@H]1[C@H]2OC(C)(C)O[C@H]2O[C@@H]1CN1CCC(C)(NC(=O)OCc2ccccc2)CC1.CC1(NC(=O)OCc2ccccc2)CCN(C[C@H]2O[C@@H]3OC(C)(C)O[C@@H]3[C@H]2O)CC1. The molecule has 0 aromatic heterocycles. The van der Waals surface area contributed by atoms with Gasteiger partial charge >= 0.3 is 18.2 Å². The van der Waals surface area contributed by atoms with E-state index in [1.54, 1.807) is 0 Å². The van der Waals surface area contributed by atoms with Crippen LogP contribution in [0.25, 0.3) is 0 Å². The number of fused-ring (bicyclic) bond motifs is 2. The molecule has 17 heteroatoms. The summed E-state index contributed by atoms with van der Waals surface area (Å²) in [5.74, 6) is -1.87. The predicted molar refractivity (Wildman–Crippen MR) is 227 cm³/mol. The predicted octanol–water partition coefficient (Wildman–Crippen LogP) is 4.58. The molecule has 8 rings (SSSR count). The summed E-state index contributed by atoms with van der Waals surface area (Å²) in [7, 11) is 0. The normalized spacial score (nSPS) is 31.4. The Morgan fingerprint density at radius 1 is 0.635 bits per heavy atom. The summed E-state index contributed by atoms with van der Waals surface area (Å²) in [5, 5.41) is 16.6. The Hall–Kier alpha value is -3.91. The minimum absolute atomic E-state index is 0.245. The number of rotatable bonds is 11. The molecule has 0 saturated carbocycles.